The Morgan fingerprint density at radius 1 is 1.30 bits per heavy atom. The minimum atomic E-state index is -0.227. The number of rotatable bonds is 2. The van der Waals surface area contributed by atoms with Crippen LogP contribution in [-0.2, 0) is 4.79 Å². The minimum absolute atomic E-state index is 0.227. The molecule has 0 fully saturated rings. The quantitative estimate of drug-likeness (QED) is 0.651. The van der Waals surface area contributed by atoms with Crippen molar-refractivity contribution in [3.8, 4) is 11.5 Å². The zero-order chi connectivity index (χ0) is 16.4. The number of aromatic nitrogens is 2. The molecule has 1 amide bonds. The van der Waals surface area contributed by atoms with Crippen molar-refractivity contribution in [1.29, 1.82) is 0 Å². The number of amides is 1. The average Bonchev–Trinajstić information content (AvgIpc) is 2.89. The Kier molecular flexibility index (Phi) is 4.35. The van der Waals surface area contributed by atoms with Crippen molar-refractivity contribution in [3.63, 3.8) is 0 Å². The van der Waals surface area contributed by atoms with Gasteiger partial charge in [-0.15, -0.1) is 0 Å². The van der Waals surface area contributed by atoms with E-state index in [0.717, 1.165) is 10.0 Å². The van der Waals surface area contributed by atoms with Gasteiger partial charge in [-0.05, 0) is 52.4 Å². The summed E-state index contributed by atoms with van der Waals surface area (Å²) in [6.45, 7) is 1.40. The molecule has 3 rings (SSSR count). The molecule has 0 aliphatic heterocycles. The fourth-order valence-corrected chi connectivity index (χ4v) is 2.61. The summed E-state index contributed by atoms with van der Waals surface area (Å²) in [7, 11) is 0. The monoisotopic (exact) mass is 390 g/mol. The molecule has 1 aromatic carbocycles. The van der Waals surface area contributed by atoms with Crippen LogP contribution in [0, 0.1) is 0 Å². The van der Waals surface area contributed by atoms with Crippen molar-refractivity contribution >= 4 is 56.0 Å². The molecule has 0 spiro atoms. The van der Waals surface area contributed by atoms with Gasteiger partial charge in [0.15, 0.2) is 10.7 Å². The highest BCUT2D eigenvalue weighted by Crippen LogP contribution is 2.27. The van der Waals surface area contributed by atoms with E-state index in [1.54, 1.807) is 30.6 Å². The molecule has 6 nitrogen and oxygen atoms in total. The van der Waals surface area contributed by atoms with E-state index in [0.29, 0.717) is 22.7 Å². The van der Waals surface area contributed by atoms with Crippen LogP contribution >= 0.6 is 28.1 Å². The number of pyridine rings is 1. The largest absolute Gasteiger partial charge is 0.436 e. The Morgan fingerprint density at radius 2 is 2.13 bits per heavy atom. The van der Waals surface area contributed by atoms with E-state index >= 15 is 0 Å². The predicted octanol–water partition coefficient (Wildman–Crippen LogP) is 3.49. The first-order chi connectivity index (χ1) is 11.0. The summed E-state index contributed by atoms with van der Waals surface area (Å²) in [5.41, 5.74) is 2.81. The molecule has 116 valence electrons. The Balaban J connectivity index is 1.89. The molecule has 0 radical (unpaired) electrons. The number of hydrogen-bond acceptors (Lipinski definition) is 5. The number of carbonyl (C=O) groups excluding carboxylic acids is 1. The number of benzene rings is 1. The summed E-state index contributed by atoms with van der Waals surface area (Å²) < 4.78 is 6.58. The molecular formula is C15H11BrN4O2S. The number of fused-ring (bicyclic) bond motifs is 1. The Labute approximate surface area is 145 Å². The first-order valence-corrected chi connectivity index (χ1v) is 7.81. The standard InChI is InChI=1S/C15H11BrN4O2S/c1-8(21)18-15(23)19-11-2-3-13-12(5-11)20-14(22-13)9-4-10(16)7-17-6-9/h2-7H,1H3,(H2,18,19,21,23). The molecule has 2 heterocycles. The molecule has 0 bridgehead atoms. The maximum Gasteiger partial charge on any atom is 0.228 e. The van der Waals surface area contributed by atoms with Crippen LogP contribution in [0.15, 0.2) is 45.5 Å². The molecule has 0 atom stereocenters. The van der Waals surface area contributed by atoms with Gasteiger partial charge in [0.1, 0.15) is 5.52 Å². The van der Waals surface area contributed by atoms with Crippen molar-refractivity contribution in [2.24, 2.45) is 0 Å². The van der Waals surface area contributed by atoms with Gasteiger partial charge in [-0.3, -0.25) is 9.78 Å². The Bertz CT molecular complexity index is 909. The number of nitrogens with one attached hydrogen (secondary N) is 2. The van der Waals surface area contributed by atoms with Crippen LogP contribution in [0.2, 0.25) is 0 Å². The number of anilines is 1. The van der Waals surface area contributed by atoms with Crippen molar-refractivity contribution in [1.82, 2.24) is 15.3 Å². The normalized spacial score (nSPS) is 10.5. The van der Waals surface area contributed by atoms with Crippen molar-refractivity contribution in [2.45, 2.75) is 6.92 Å². The third-order valence-electron chi connectivity index (χ3n) is 2.89. The fourth-order valence-electron chi connectivity index (χ4n) is 1.98. The first-order valence-electron chi connectivity index (χ1n) is 6.61. The maximum absolute atomic E-state index is 11.0. The summed E-state index contributed by atoms with van der Waals surface area (Å²) in [5.74, 6) is 0.254. The Hall–Kier alpha value is -2.32. The van der Waals surface area contributed by atoms with Gasteiger partial charge in [-0.2, -0.15) is 0 Å². The SMILES string of the molecule is CC(=O)NC(=S)Nc1ccc2oc(-c3cncc(Br)c3)nc2c1. The number of hydrogen-bond donors (Lipinski definition) is 2. The lowest BCUT2D eigenvalue weighted by Gasteiger charge is -2.07. The van der Waals surface area contributed by atoms with Gasteiger partial charge < -0.3 is 15.1 Å². The van der Waals surface area contributed by atoms with Crippen molar-refractivity contribution in [2.75, 3.05) is 5.32 Å². The average molecular weight is 391 g/mol. The van der Waals surface area contributed by atoms with E-state index in [1.807, 2.05) is 6.07 Å². The van der Waals surface area contributed by atoms with E-state index in [2.05, 4.69) is 36.5 Å². The smallest absolute Gasteiger partial charge is 0.228 e. The van der Waals surface area contributed by atoms with E-state index in [4.69, 9.17) is 16.6 Å². The summed E-state index contributed by atoms with van der Waals surface area (Å²) in [5, 5.41) is 5.66. The third-order valence-corrected chi connectivity index (χ3v) is 3.52. The van der Waals surface area contributed by atoms with E-state index in [1.165, 1.54) is 6.92 Å². The molecule has 3 aromatic rings. The number of oxazole rings is 1. The van der Waals surface area contributed by atoms with Crippen LogP contribution in [0.1, 0.15) is 6.92 Å². The summed E-state index contributed by atoms with van der Waals surface area (Å²) in [6.07, 6.45) is 3.37. The number of halogens is 1. The molecule has 0 unspecified atom stereocenters. The number of thiocarbonyl (C=S) groups is 1. The molecule has 0 aliphatic rings. The number of nitrogens with zero attached hydrogens (tertiary/aromatic N) is 2. The predicted molar refractivity (Wildman–Crippen MR) is 95.0 cm³/mol. The van der Waals surface area contributed by atoms with Crippen LogP contribution in [0.5, 0.6) is 0 Å². The highest BCUT2D eigenvalue weighted by molar-refractivity contribution is 9.10. The lowest BCUT2D eigenvalue weighted by atomic mass is 10.3. The minimum Gasteiger partial charge on any atom is -0.436 e. The van der Waals surface area contributed by atoms with Crippen molar-refractivity contribution in [3.05, 3.63) is 41.1 Å². The molecule has 0 aliphatic carbocycles. The van der Waals surface area contributed by atoms with Crippen LogP contribution in [-0.4, -0.2) is 21.0 Å². The second-order valence-corrected chi connectivity index (χ2v) is 6.05. The van der Waals surface area contributed by atoms with Crippen molar-refractivity contribution < 1.29 is 9.21 Å². The lowest BCUT2D eigenvalue weighted by Crippen LogP contribution is -2.32. The van der Waals surface area contributed by atoms with Gasteiger partial charge in [0, 0.05) is 29.5 Å². The second kappa shape index (κ2) is 6.43. The molecule has 0 saturated heterocycles. The molecule has 2 aromatic heterocycles. The lowest BCUT2D eigenvalue weighted by molar-refractivity contribution is -0.117. The van der Waals surface area contributed by atoms with Crippen LogP contribution in [0.4, 0.5) is 5.69 Å². The maximum atomic E-state index is 11.0. The molecule has 8 heteroatoms. The Morgan fingerprint density at radius 3 is 2.87 bits per heavy atom. The van der Waals surface area contributed by atoms with Crippen LogP contribution < -0.4 is 10.6 Å². The van der Waals surface area contributed by atoms with Gasteiger partial charge in [0.05, 0.1) is 5.56 Å². The summed E-state index contributed by atoms with van der Waals surface area (Å²) in [6, 6.07) is 7.26. The first kappa shape index (κ1) is 15.6. The van der Waals surface area contributed by atoms with Gasteiger partial charge in [0.25, 0.3) is 0 Å². The zero-order valence-electron chi connectivity index (χ0n) is 12.0. The topological polar surface area (TPSA) is 80.0 Å². The van der Waals surface area contributed by atoms with E-state index < -0.39 is 0 Å². The van der Waals surface area contributed by atoms with E-state index in [9.17, 15) is 4.79 Å². The third kappa shape index (κ3) is 3.72. The van der Waals surface area contributed by atoms with Gasteiger partial charge in [0.2, 0.25) is 11.8 Å². The fraction of sp³-hybridized carbons (Fsp3) is 0.0667. The molecule has 2 N–H and O–H groups in total. The molecular weight excluding hydrogens is 380 g/mol. The van der Waals surface area contributed by atoms with Gasteiger partial charge in [-0.25, -0.2) is 4.98 Å². The second-order valence-electron chi connectivity index (χ2n) is 4.73. The van der Waals surface area contributed by atoms with Gasteiger partial charge in [-0.1, -0.05) is 0 Å². The van der Waals surface area contributed by atoms with Gasteiger partial charge >= 0.3 is 0 Å². The number of carbonyl (C=O) groups is 1. The highest BCUT2D eigenvalue weighted by Gasteiger charge is 2.10. The zero-order valence-corrected chi connectivity index (χ0v) is 14.4. The van der Waals surface area contributed by atoms with E-state index in [-0.39, 0.29) is 11.0 Å². The summed E-state index contributed by atoms with van der Waals surface area (Å²) >= 11 is 8.40. The molecule has 0 saturated carbocycles. The highest BCUT2D eigenvalue weighted by atomic mass is 79.9. The molecule has 23 heavy (non-hydrogen) atoms. The van der Waals surface area contributed by atoms with Crippen LogP contribution in [0.3, 0.4) is 0 Å². The van der Waals surface area contributed by atoms with Crippen LogP contribution in [0.25, 0.3) is 22.6 Å². The summed E-state index contributed by atoms with van der Waals surface area (Å²) in [4.78, 5) is 19.5.